The number of carbonyl (C=O) groups excluding carboxylic acids is 1. The molecule has 7 nitrogen and oxygen atoms in total. The van der Waals surface area contributed by atoms with Crippen LogP contribution in [-0.4, -0.2) is 39.8 Å². The molecule has 0 saturated carbocycles. The molecule has 0 aliphatic carbocycles. The third-order valence-corrected chi connectivity index (χ3v) is 5.49. The average molecular weight is 441 g/mol. The molecule has 1 atom stereocenters. The zero-order chi connectivity index (χ0) is 21.8. The molecule has 2 rings (SSSR count). The molecule has 0 spiro atoms. The molecule has 1 amide bonds. The lowest BCUT2D eigenvalue weighted by Gasteiger charge is -2.28. The first-order valence-electron chi connectivity index (χ1n) is 8.93. The highest BCUT2D eigenvalue weighted by Gasteiger charge is 2.29. The van der Waals surface area contributed by atoms with Crippen LogP contribution in [0.3, 0.4) is 0 Å². The highest BCUT2D eigenvalue weighted by atomic mass is 35.5. The number of methoxy groups -OCH3 is 1. The number of halogens is 1. The van der Waals surface area contributed by atoms with E-state index in [0.717, 1.165) is 10.6 Å². The van der Waals surface area contributed by atoms with E-state index in [0.29, 0.717) is 17.2 Å². The summed E-state index contributed by atoms with van der Waals surface area (Å²) in [7, 11) is -2.31. The molecule has 29 heavy (non-hydrogen) atoms. The van der Waals surface area contributed by atoms with Crippen molar-refractivity contribution in [1.29, 1.82) is 0 Å². The van der Waals surface area contributed by atoms with Gasteiger partial charge in [-0.2, -0.15) is 0 Å². The number of ether oxygens (including phenoxy) is 2. The van der Waals surface area contributed by atoms with Gasteiger partial charge in [-0.15, -0.1) is 0 Å². The maximum absolute atomic E-state index is 12.8. The number of hydrogen-bond acceptors (Lipinski definition) is 5. The molecule has 0 radical (unpaired) electrons. The van der Waals surface area contributed by atoms with E-state index < -0.39 is 22.0 Å². The van der Waals surface area contributed by atoms with Crippen molar-refractivity contribution in [2.75, 3.05) is 23.0 Å². The summed E-state index contributed by atoms with van der Waals surface area (Å²) in [6, 6.07) is 10.4. The molecule has 0 aliphatic rings. The van der Waals surface area contributed by atoms with Crippen LogP contribution < -0.4 is 19.1 Å². The highest BCUT2D eigenvalue weighted by Crippen LogP contribution is 2.31. The lowest BCUT2D eigenvalue weighted by atomic mass is 10.2. The molecule has 0 saturated heterocycles. The van der Waals surface area contributed by atoms with Gasteiger partial charge < -0.3 is 14.8 Å². The van der Waals surface area contributed by atoms with Gasteiger partial charge in [-0.25, -0.2) is 8.42 Å². The van der Waals surface area contributed by atoms with E-state index in [-0.39, 0.29) is 16.8 Å². The quantitative estimate of drug-likeness (QED) is 0.672. The molecule has 2 aromatic rings. The number of carbonyl (C=O) groups is 1. The van der Waals surface area contributed by atoms with Gasteiger partial charge in [0.1, 0.15) is 17.5 Å². The van der Waals surface area contributed by atoms with E-state index in [1.54, 1.807) is 30.3 Å². The number of rotatable bonds is 8. The van der Waals surface area contributed by atoms with Crippen LogP contribution in [0.5, 0.6) is 11.5 Å². The zero-order valence-electron chi connectivity index (χ0n) is 17.0. The Kier molecular flexibility index (Phi) is 7.37. The van der Waals surface area contributed by atoms with Crippen LogP contribution in [0.2, 0.25) is 5.02 Å². The van der Waals surface area contributed by atoms with E-state index in [9.17, 15) is 13.2 Å². The van der Waals surface area contributed by atoms with Crippen molar-refractivity contribution in [2.24, 2.45) is 0 Å². The first-order valence-corrected chi connectivity index (χ1v) is 11.2. The predicted molar refractivity (Wildman–Crippen MR) is 116 cm³/mol. The van der Waals surface area contributed by atoms with E-state index >= 15 is 0 Å². The number of hydrogen-bond donors (Lipinski definition) is 1. The number of nitrogens with one attached hydrogen (secondary N) is 1. The minimum absolute atomic E-state index is 0.0135. The zero-order valence-corrected chi connectivity index (χ0v) is 18.5. The monoisotopic (exact) mass is 440 g/mol. The predicted octanol–water partition coefficient (Wildman–Crippen LogP) is 3.93. The lowest BCUT2D eigenvalue weighted by molar-refractivity contribution is -0.116. The van der Waals surface area contributed by atoms with Crippen LogP contribution in [-0.2, 0) is 14.8 Å². The van der Waals surface area contributed by atoms with Gasteiger partial charge in [0.05, 0.1) is 30.2 Å². The Bertz CT molecular complexity index is 979. The molecule has 9 heteroatoms. The van der Waals surface area contributed by atoms with Gasteiger partial charge in [0, 0.05) is 11.8 Å². The summed E-state index contributed by atoms with van der Waals surface area (Å²) in [5, 5.41) is 2.97. The first kappa shape index (κ1) is 22.8. The van der Waals surface area contributed by atoms with E-state index in [1.165, 1.54) is 26.2 Å². The third kappa shape index (κ3) is 6.01. The summed E-state index contributed by atoms with van der Waals surface area (Å²) >= 11 is 6.14. The standard InChI is InChI=1S/C20H25ClN2O5S/c1-13(2)28-17-8-6-7-15(11-17)22-20(24)14(3)23(29(5,25)26)16-9-10-19(27-4)18(21)12-16/h6-14H,1-5H3,(H,22,24)/t14-/m0/s1. The second-order valence-corrected chi connectivity index (χ2v) is 9.00. The second-order valence-electron chi connectivity index (χ2n) is 6.74. The molecule has 0 bridgehead atoms. The summed E-state index contributed by atoms with van der Waals surface area (Å²) < 4.78 is 36.6. The minimum Gasteiger partial charge on any atom is -0.495 e. The van der Waals surface area contributed by atoms with Crippen LogP contribution in [0.15, 0.2) is 42.5 Å². The van der Waals surface area contributed by atoms with Crippen LogP contribution in [0, 0.1) is 0 Å². The lowest BCUT2D eigenvalue weighted by Crippen LogP contribution is -2.45. The number of anilines is 2. The molecule has 0 fully saturated rings. The summed E-state index contributed by atoms with van der Waals surface area (Å²) in [4.78, 5) is 12.8. The Morgan fingerprint density at radius 3 is 2.38 bits per heavy atom. The maximum Gasteiger partial charge on any atom is 0.247 e. The van der Waals surface area contributed by atoms with Crippen LogP contribution >= 0.6 is 11.6 Å². The summed E-state index contributed by atoms with van der Waals surface area (Å²) in [5.41, 5.74) is 0.763. The van der Waals surface area contributed by atoms with Crippen molar-refractivity contribution in [3.05, 3.63) is 47.5 Å². The van der Waals surface area contributed by atoms with Crippen molar-refractivity contribution < 1.29 is 22.7 Å². The average Bonchev–Trinajstić information content (AvgIpc) is 2.60. The molecule has 0 unspecified atom stereocenters. The van der Waals surface area contributed by atoms with E-state index in [4.69, 9.17) is 21.1 Å². The smallest absolute Gasteiger partial charge is 0.247 e. The first-order chi connectivity index (χ1) is 13.5. The van der Waals surface area contributed by atoms with Crippen molar-refractivity contribution in [3.8, 4) is 11.5 Å². The van der Waals surface area contributed by atoms with Crippen LogP contribution in [0.25, 0.3) is 0 Å². The fourth-order valence-corrected chi connectivity index (χ4v) is 4.19. The van der Waals surface area contributed by atoms with Gasteiger partial charge >= 0.3 is 0 Å². The highest BCUT2D eigenvalue weighted by molar-refractivity contribution is 7.92. The second kappa shape index (κ2) is 9.37. The molecule has 0 heterocycles. The molecule has 0 aromatic heterocycles. The van der Waals surface area contributed by atoms with Crippen molar-refractivity contribution in [2.45, 2.75) is 32.9 Å². The van der Waals surface area contributed by atoms with Gasteiger partial charge in [-0.3, -0.25) is 9.10 Å². The maximum atomic E-state index is 12.8. The molecule has 2 aromatic carbocycles. The normalized spacial score (nSPS) is 12.4. The largest absolute Gasteiger partial charge is 0.495 e. The fourth-order valence-electron chi connectivity index (χ4n) is 2.77. The molecular weight excluding hydrogens is 416 g/mol. The van der Waals surface area contributed by atoms with E-state index in [1.807, 2.05) is 13.8 Å². The topological polar surface area (TPSA) is 84.9 Å². The molecular formula is C20H25ClN2O5S. The summed E-state index contributed by atoms with van der Waals surface area (Å²) in [5.74, 6) is 0.513. The number of sulfonamides is 1. The van der Waals surface area contributed by atoms with Crippen LogP contribution in [0.1, 0.15) is 20.8 Å². The van der Waals surface area contributed by atoms with Crippen molar-refractivity contribution in [3.63, 3.8) is 0 Å². The molecule has 158 valence electrons. The minimum atomic E-state index is -3.77. The number of nitrogens with zero attached hydrogens (tertiary/aromatic N) is 1. The number of amides is 1. The van der Waals surface area contributed by atoms with Gasteiger partial charge in [0.15, 0.2) is 0 Å². The SMILES string of the molecule is COc1ccc(N([C@@H](C)C(=O)Nc2cccc(OC(C)C)c2)S(C)(=O)=O)cc1Cl. The van der Waals surface area contributed by atoms with Crippen LogP contribution in [0.4, 0.5) is 11.4 Å². The Morgan fingerprint density at radius 2 is 1.83 bits per heavy atom. The Hall–Kier alpha value is -2.45. The summed E-state index contributed by atoms with van der Waals surface area (Å²) in [6.45, 7) is 5.30. The van der Waals surface area contributed by atoms with Gasteiger partial charge in [-0.05, 0) is 51.1 Å². The van der Waals surface area contributed by atoms with Gasteiger partial charge in [-0.1, -0.05) is 17.7 Å². The van der Waals surface area contributed by atoms with Gasteiger partial charge in [0.2, 0.25) is 15.9 Å². The number of benzene rings is 2. The Balaban J connectivity index is 2.29. The molecule has 0 aliphatic heterocycles. The van der Waals surface area contributed by atoms with E-state index in [2.05, 4.69) is 5.32 Å². The van der Waals surface area contributed by atoms with Crippen molar-refractivity contribution >= 4 is 38.9 Å². The fraction of sp³-hybridized carbons (Fsp3) is 0.350. The Morgan fingerprint density at radius 1 is 1.14 bits per heavy atom. The molecule has 1 N–H and O–H groups in total. The summed E-state index contributed by atoms with van der Waals surface area (Å²) in [6.07, 6.45) is 1.02. The third-order valence-electron chi connectivity index (χ3n) is 3.95. The van der Waals surface area contributed by atoms with Gasteiger partial charge in [0.25, 0.3) is 0 Å². The van der Waals surface area contributed by atoms with Crippen molar-refractivity contribution in [1.82, 2.24) is 0 Å². The Labute approximate surface area is 176 Å².